The number of rotatable bonds is 1. The lowest BCUT2D eigenvalue weighted by Crippen LogP contribution is -2.29. The second-order valence-electron chi connectivity index (χ2n) is 3.75. The van der Waals surface area contributed by atoms with Crippen LogP contribution in [0, 0.1) is 0 Å². The van der Waals surface area contributed by atoms with Gasteiger partial charge in [0.15, 0.2) is 0 Å². The topological polar surface area (TPSA) is 39.2 Å². The second kappa shape index (κ2) is 19.1. The van der Waals surface area contributed by atoms with Crippen molar-refractivity contribution in [2.75, 3.05) is 7.11 Å². The van der Waals surface area contributed by atoms with E-state index in [9.17, 15) is 4.79 Å². The summed E-state index contributed by atoms with van der Waals surface area (Å²) >= 11 is 0. The first kappa shape index (κ1) is 27.0. The number of fused-ring (bicyclic) bond motifs is 1. The van der Waals surface area contributed by atoms with E-state index >= 15 is 0 Å². The maximum absolute atomic E-state index is 11.3. The molecule has 0 spiro atoms. The van der Waals surface area contributed by atoms with Gasteiger partial charge >= 0.3 is 5.97 Å². The summed E-state index contributed by atoms with van der Waals surface area (Å²) in [6.07, 6.45) is 6.97. The van der Waals surface area contributed by atoms with Gasteiger partial charge < -0.3 is 4.74 Å². The molecule has 0 unspecified atom stereocenters. The second-order valence-corrected chi connectivity index (χ2v) is 3.75. The van der Waals surface area contributed by atoms with Gasteiger partial charge in [-0.15, -0.1) is 0 Å². The van der Waals surface area contributed by atoms with Crippen LogP contribution in [0.3, 0.4) is 0 Å². The number of hydrogen-bond donors (Lipinski definition) is 0. The van der Waals surface area contributed by atoms with Gasteiger partial charge in [-0.2, -0.15) is 0 Å². The molecule has 1 aliphatic carbocycles. The fraction of sp³-hybridized carbons (Fsp3) is 0.524. The molecule has 138 valence electrons. The van der Waals surface area contributed by atoms with E-state index in [0.29, 0.717) is 5.69 Å². The zero-order valence-corrected chi connectivity index (χ0v) is 17.4. The van der Waals surface area contributed by atoms with Crippen molar-refractivity contribution in [2.24, 2.45) is 0 Å². The third kappa shape index (κ3) is 9.98. The standard InChI is InChI=1S/C13H13NO2.4C2H6/c1-9-3-5-10-6-8-12(13(15)16-2)14-11(10)7-4-9;4*1-2/h3,5-8H,4H2,1-2H3;4*1-2H3. The lowest BCUT2D eigenvalue weighted by molar-refractivity contribution is 0.0593. The van der Waals surface area contributed by atoms with Gasteiger partial charge in [0.25, 0.3) is 0 Å². The van der Waals surface area contributed by atoms with Crippen LogP contribution in [0.2, 0.25) is 0 Å². The molecule has 0 bridgehead atoms. The number of hydrogen-bond acceptors (Lipinski definition) is 3. The molecule has 0 saturated carbocycles. The number of carbonyl (C=O) groups is 1. The molecule has 1 aromatic heterocycles. The number of methoxy groups -OCH3 is 1. The van der Waals surface area contributed by atoms with Gasteiger partial charge in [0.1, 0.15) is 5.69 Å². The normalized spacial score (nSPS) is 10.2. The van der Waals surface area contributed by atoms with Gasteiger partial charge in [-0.25, -0.2) is 9.78 Å². The third-order valence-electron chi connectivity index (χ3n) is 2.52. The minimum atomic E-state index is -0.398. The Labute approximate surface area is 149 Å². The Bertz CT molecular complexity index is 572. The van der Waals surface area contributed by atoms with Crippen LogP contribution in [0.25, 0.3) is 12.2 Å². The van der Waals surface area contributed by atoms with E-state index in [4.69, 9.17) is 0 Å². The number of ether oxygens (including phenoxy) is 1. The van der Waals surface area contributed by atoms with Crippen LogP contribution in [0.15, 0.2) is 23.8 Å². The first-order valence-corrected chi connectivity index (χ1v) is 9.14. The Morgan fingerprint density at radius 1 is 0.958 bits per heavy atom. The first-order valence-electron chi connectivity index (χ1n) is 9.14. The smallest absolute Gasteiger partial charge is 0.356 e. The third-order valence-corrected chi connectivity index (χ3v) is 2.52. The molecule has 0 radical (unpaired) electrons. The van der Waals surface area contributed by atoms with Crippen molar-refractivity contribution in [2.45, 2.75) is 68.7 Å². The first-order chi connectivity index (χ1) is 11.7. The highest BCUT2D eigenvalue weighted by Gasteiger charge is 2.06. The monoisotopic (exact) mass is 335 g/mol. The Morgan fingerprint density at radius 2 is 1.50 bits per heavy atom. The average Bonchev–Trinajstić information content (AvgIpc) is 2.88. The minimum absolute atomic E-state index is 0.352. The van der Waals surface area contributed by atoms with Gasteiger partial charge in [-0.05, 0) is 24.6 Å². The SMILES string of the molecule is CC.CC.CC.CC.COC(=O)c1ccc2c(n1)=CCC(C)=CC=2. The fourth-order valence-electron chi connectivity index (χ4n) is 1.57. The molecule has 1 aliphatic rings. The number of aromatic nitrogens is 1. The quantitative estimate of drug-likeness (QED) is 0.686. The Hall–Kier alpha value is -1.90. The van der Waals surface area contributed by atoms with Crippen LogP contribution in [-0.4, -0.2) is 18.1 Å². The van der Waals surface area contributed by atoms with Crippen molar-refractivity contribution in [1.82, 2.24) is 4.98 Å². The molecular formula is C21H37NO2. The number of nitrogens with zero attached hydrogens (tertiary/aromatic N) is 1. The highest BCUT2D eigenvalue weighted by Crippen LogP contribution is 2.02. The number of pyridine rings is 1. The molecule has 2 rings (SSSR count). The Morgan fingerprint density at radius 3 is 2.00 bits per heavy atom. The summed E-state index contributed by atoms with van der Waals surface area (Å²) in [7, 11) is 1.36. The molecule has 24 heavy (non-hydrogen) atoms. The summed E-state index contributed by atoms with van der Waals surface area (Å²) in [5.74, 6) is -0.398. The van der Waals surface area contributed by atoms with Crippen LogP contribution < -0.4 is 10.6 Å². The van der Waals surface area contributed by atoms with E-state index in [1.807, 2.05) is 73.6 Å². The summed E-state index contributed by atoms with van der Waals surface area (Å²) in [5.41, 5.74) is 1.63. The molecule has 3 heteroatoms. The molecule has 0 amide bonds. The molecule has 0 atom stereocenters. The van der Waals surface area contributed by atoms with Crippen molar-refractivity contribution in [3.63, 3.8) is 0 Å². The minimum Gasteiger partial charge on any atom is -0.464 e. The van der Waals surface area contributed by atoms with Gasteiger partial charge in [0, 0.05) is 0 Å². The summed E-state index contributed by atoms with van der Waals surface area (Å²) in [6.45, 7) is 18.1. The summed E-state index contributed by atoms with van der Waals surface area (Å²) < 4.78 is 4.64. The Kier molecular flexibility index (Phi) is 21.5. The lowest BCUT2D eigenvalue weighted by atomic mass is 10.2. The molecule has 0 aromatic carbocycles. The van der Waals surface area contributed by atoms with Crippen molar-refractivity contribution >= 4 is 18.1 Å². The predicted molar refractivity (Wildman–Crippen MR) is 108 cm³/mol. The number of allylic oxidation sites excluding steroid dienone is 2. The summed E-state index contributed by atoms with van der Waals surface area (Å²) in [5, 5.41) is 1.88. The highest BCUT2D eigenvalue weighted by atomic mass is 16.5. The summed E-state index contributed by atoms with van der Waals surface area (Å²) in [6, 6.07) is 3.57. The zero-order chi connectivity index (χ0) is 19.5. The fourth-order valence-corrected chi connectivity index (χ4v) is 1.57. The molecule has 0 aliphatic heterocycles. The van der Waals surface area contributed by atoms with Crippen LogP contribution in [-0.2, 0) is 4.74 Å². The molecule has 1 heterocycles. The van der Waals surface area contributed by atoms with Crippen molar-refractivity contribution in [3.05, 3.63) is 40.0 Å². The van der Waals surface area contributed by atoms with Gasteiger partial charge in [0.2, 0.25) is 0 Å². The van der Waals surface area contributed by atoms with E-state index in [-0.39, 0.29) is 0 Å². The van der Waals surface area contributed by atoms with Crippen LogP contribution >= 0.6 is 0 Å². The van der Waals surface area contributed by atoms with E-state index in [1.165, 1.54) is 12.7 Å². The maximum atomic E-state index is 11.3. The molecular weight excluding hydrogens is 298 g/mol. The molecule has 0 fully saturated rings. The van der Waals surface area contributed by atoms with Gasteiger partial charge in [-0.1, -0.05) is 85.3 Å². The van der Waals surface area contributed by atoms with E-state index in [0.717, 1.165) is 17.0 Å². The summed E-state index contributed by atoms with van der Waals surface area (Å²) in [4.78, 5) is 15.6. The molecule has 1 aromatic rings. The van der Waals surface area contributed by atoms with Crippen LogP contribution in [0.4, 0.5) is 0 Å². The highest BCUT2D eigenvalue weighted by molar-refractivity contribution is 5.87. The van der Waals surface area contributed by atoms with Gasteiger partial charge in [-0.3, -0.25) is 0 Å². The van der Waals surface area contributed by atoms with Crippen molar-refractivity contribution in [1.29, 1.82) is 0 Å². The van der Waals surface area contributed by atoms with Crippen LogP contribution in [0.1, 0.15) is 79.2 Å². The molecule has 0 saturated heterocycles. The number of carbonyl (C=O) groups excluding carboxylic acids is 1. The predicted octanol–water partition coefficient (Wildman–Crippen LogP) is 4.88. The molecule has 3 nitrogen and oxygen atoms in total. The van der Waals surface area contributed by atoms with Crippen LogP contribution in [0.5, 0.6) is 0 Å². The number of esters is 1. The maximum Gasteiger partial charge on any atom is 0.356 e. The van der Waals surface area contributed by atoms with Crippen molar-refractivity contribution in [3.8, 4) is 0 Å². The van der Waals surface area contributed by atoms with Crippen molar-refractivity contribution < 1.29 is 9.53 Å². The largest absolute Gasteiger partial charge is 0.464 e. The van der Waals surface area contributed by atoms with E-state index in [1.54, 1.807) is 6.07 Å². The van der Waals surface area contributed by atoms with E-state index < -0.39 is 5.97 Å². The Balaban J connectivity index is -0.000000484. The van der Waals surface area contributed by atoms with E-state index in [2.05, 4.69) is 22.7 Å². The zero-order valence-electron chi connectivity index (χ0n) is 17.4. The average molecular weight is 336 g/mol. The van der Waals surface area contributed by atoms with Gasteiger partial charge in [0.05, 0.1) is 12.5 Å². The lowest BCUT2D eigenvalue weighted by Gasteiger charge is -1.97. The molecule has 0 N–H and O–H groups in total.